The lowest BCUT2D eigenvalue weighted by Crippen LogP contribution is -2.34. The quantitative estimate of drug-likeness (QED) is 0.818. The summed E-state index contributed by atoms with van der Waals surface area (Å²) in [4.78, 5) is 11.6. The van der Waals surface area contributed by atoms with Crippen molar-refractivity contribution < 1.29 is 9.90 Å². The van der Waals surface area contributed by atoms with Gasteiger partial charge in [0.25, 0.3) is 0 Å². The van der Waals surface area contributed by atoms with Crippen LogP contribution in [0.2, 0.25) is 0 Å². The highest BCUT2D eigenvalue weighted by Gasteiger charge is 2.20. The van der Waals surface area contributed by atoms with Crippen LogP contribution in [0.4, 0.5) is 0 Å². The van der Waals surface area contributed by atoms with E-state index in [1.165, 1.54) is 0 Å². The lowest BCUT2D eigenvalue weighted by atomic mass is 9.95. The zero-order chi connectivity index (χ0) is 12.2. The van der Waals surface area contributed by atoms with Crippen LogP contribution in [0.25, 0.3) is 0 Å². The fourth-order valence-corrected chi connectivity index (χ4v) is 1.29. The van der Waals surface area contributed by atoms with E-state index in [2.05, 4.69) is 5.32 Å². The number of benzene rings is 1. The van der Waals surface area contributed by atoms with Crippen LogP contribution in [0.15, 0.2) is 24.3 Å². The zero-order valence-electron chi connectivity index (χ0n) is 10.1. The molecular weight excluding hydrogens is 202 g/mol. The van der Waals surface area contributed by atoms with E-state index in [4.69, 9.17) is 5.11 Å². The van der Waals surface area contributed by atoms with Crippen LogP contribution in [-0.4, -0.2) is 11.0 Å². The number of carbonyl (C=O) groups excluding carboxylic acids is 1. The van der Waals surface area contributed by atoms with Crippen LogP contribution in [0, 0.1) is 5.41 Å². The van der Waals surface area contributed by atoms with Crippen molar-refractivity contribution in [3.63, 3.8) is 0 Å². The molecule has 0 radical (unpaired) electrons. The van der Waals surface area contributed by atoms with Crippen molar-refractivity contribution >= 4 is 5.91 Å². The van der Waals surface area contributed by atoms with E-state index in [9.17, 15) is 4.79 Å². The molecule has 1 amide bonds. The van der Waals surface area contributed by atoms with Gasteiger partial charge in [-0.1, -0.05) is 45.0 Å². The molecule has 0 heterocycles. The molecule has 0 fully saturated rings. The highest BCUT2D eigenvalue weighted by Crippen LogP contribution is 2.13. The minimum Gasteiger partial charge on any atom is -0.392 e. The Hall–Kier alpha value is -1.35. The molecule has 1 aromatic carbocycles. The first-order valence-corrected chi connectivity index (χ1v) is 5.40. The molecule has 0 aromatic heterocycles. The standard InChI is InChI=1S/C13H19NO2/c1-13(2,3)12(16)14-8-10-5-4-6-11(7-10)9-15/h4-7,15H,8-9H2,1-3H3,(H,14,16). The van der Waals surface area contributed by atoms with Crippen molar-refractivity contribution in [3.8, 4) is 0 Å². The minimum atomic E-state index is -0.366. The number of nitrogens with one attached hydrogen (secondary N) is 1. The van der Waals surface area contributed by atoms with Gasteiger partial charge in [0.15, 0.2) is 0 Å². The Labute approximate surface area is 96.5 Å². The predicted molar refractivity (Wildman–Crippen MR) is 63.7 cm³/mol. The Morgan fingerprint density at radius 2 is 1.94 bits per heavy atom. The van der Waals surface area contributed by atoms with Gasteiger partial charge in [0.2, 0.25) is 5.91 Å². The summed E-state index contributed by atoms with van der Waals surface area (Å²) in [5, 5.41) is 11.9. The Bertz CT molecular complexity index is 366. The average molecular weight is 221 g/mol. The summed E-state index contributed by atoms with van der Waals surface area (Å²) in [7, 11) is 0. The maximum Gasteiger partial charge on any atom is 0.225 e. The van der Waals surface area contributed by atoms with Gasteiger partial charge in [0, 0.05) is 12.0 Å². The summed E-state index contributed by atoms with van der Waals surface area (Å²) in [6, 6.07) is 7.56. The Morgan fingerprint density at radius 3 is 2.50 bits per heavy atom. The maximum absolute atomic E-state index is 11.6. The molecule has 16 heavy (non-hydrogen) atoms. The Balaban J connectivity index is 2.58. The molecule has 3 heteroatoms. The van der Waals surface area contributed by atoms with Crippen molar-refractivity contribution in [2.45, 2.75) is 33.9 Å². The number of hydrogen-bond donors (Lipinski definition) is 2. The molecule has 0 saturated heterocycles. The zero-order valence-corrected chi connectivity index (χ0v) is 10.1. The van der Waals surface area contributed by atoms with Crippen molar-refractivity contribution in [1.82, 2.24) is 5.32 Å². The molecule has 1 aromatic rings. The summed E-state index contributed by atoms with van der Waals surface area (Å²) < 4.78 is 0. The van der Waals surface area contributed by atoms with Gasteiger partial charge in [0.05, 0.1) is 6.61 Å². The predicted octanol–water partition coefficient (Wildman–Crippen LogP) is 1.84. The molecule has 0 atom stereocenters. The fraction of sp³-hybridized carbons (Fsp3) is 0.462. The second-order valence-corrected chi connectivity index (χ2v) is 4.91. The minimum absolute atomic E-state index is 0.0288. The van der Waals surface area contributed by atoms with Gasteiger partial charge >= 0.3 is 0 Å². The SMILES string of the molecule is CC(C)(C)C(=O)NCc1cccc(CO)c1. The molecule has 88 valence electrons. The van der Waals surface area contributed by atoms with Gasteiger partial charge in [-0.2, -0.15) is 0 Å². The summed E-state index contributed by atoms with van der Waals surface area (Å²) in [6.45, 7) is 6.18. The third-order valence-corrected chi connectivity index (χ3v) is 2.31. The Morgan fingerprint density at radius 1 is 1.31 bits per heavy atom. The highest BCUT2D eigenvalue weighted by molar-refractivity contribution is 5.81. The molecule has 1 rings (SSSR count). The van der Waals surface area contributed by atoms with E-state index in [0.29, 0.717) is 6.54 Å². The largest absolute Gasteiger partial charge is 0.392 e. The second-order valence-electron chi connectivity index (χ2n) is 4.91. The van der Waals surface area contributed by atoms with Crippen molar-refractivity contribution in [1.29, 1.82) is 0 Å². The molecular formula is C13H19NO2. The molecule has 0 aliphatic rings. The maximum atomic E-state index is 11.6. The topological polar surface area (TPSA) is 49.3 Å². The first kappa shape index (κ1) is 12.7. The summed E-state index contributed by atoms with van der Waals surface area (Å²) in [5.41, 5.74) is 1.50. The van der Waals surface area contributed by atoms with E-state index in [1.807, 2.05) is 45.0 Å². The number of carbonyl (C=O) groups is 1. The van der Waals surface area contributed by atoms with Crippen molar-refractivity contribution in [2.24, 2.45) is 5.41 Å². The summed E-state index contributed by atoms with van der Waals surface area (Å²) in [6.07, 6.45) is 0. The summed E-state index contributed by atoms with van der Waals surface area (Å²) >= 11 is 0. The van der Waals surface area contributed by atoms with Crippen molar-refractivity contribution in [2.75, 3.05) is 0 Å². The molecule has 2 N–H and O–H groups in total. The number of rotatable bonds is 3. The van der Waals surface area contributed by atoms with Gasteiger partial charge in [0.1, 0.15) is 0 Å². The molecule has 0 bridgehead atoms. The molecule has 0 saturated carbocycles. The molecule has 3 nitrogen and oxygen atoms in total. The molecule has 0 aliphatic carbocycles. The van der Waals surface area contributed by atoms with Crippen molar-refractivity contribution in [3.05, 3.63) is 35.4 Å². The van der Waals surface area contributed by atoms with Gasteiger partial charge in [-0.3, -0.25) is 4.79 Å². The number of aliphatic hydroxyl groups is 1. The third kappa shape index (κ3) is 3.66. The fourth-order valence-electron chi connectivity index (χ4n) is 1.29. The van der Waals surface area contributed by atoms with E-state index in [-0.39, 0.29) is 17.9 Å². The monoisotopic (exact) mass is 221 g/mol. The number of hydrogen-bond acceptors (Lipinski definition) is 2. The Kier molecular flexibility index (Phi) is 4.07. The molecule has 0 unspecified atom stereocenters. The molecule has 0 spiro atoms. The number of aliphatic hydroxyl groups excluding tert-OH is 1. The van der Waals surface area contributed by atoms with Crippen LogP contribution in [0.1, 0.15) is 31.9 Å². The normalized spacial score (nSPS) is 11.2. The van der Waals surface area contributed by atoms with E-state index >= 15 is 0 Å². The molecule has 0 aliphatic heterocycles. The third-order valence-electron chi connectivity index (χ3n) is 2.31. The highest BCUT2D eigenvalue weighted by atomic mass is 16.3. The van der Waals surface area contributed by atoms with Crippen LogP contribution in [0.3, 0.4) is 0 Å². The van der Waals surface area contributed by atoms with E-state index in [1.54, 1.807) is 0 Å². The van der Waals surface area contributed by atoms with Crippen LogP contribution in [0.5, 0.6) is 0 Å². The van der Waals surface area contributed by atoms with Gasteiger partial charge < -0.3 is 10.4 Å². The van der Waals surface area contributed by atoms with Gasteiger partial charge in [-0.05, 0) is 11.1 Å². The number of amides is 1. The lowest BCUT2D eigenvalue weighted by molar-refractivity contribution is -0.128. The first-order chi connectivity index (χ1) is 7.43. The average Bonchev–Trinajstić information content (AvgIpc) is 2.25. The summed E-state index contributed by atoms with van der Waals surface area (Å²) in [5.74, 6) is 0.0295. The van der Waals surface area contributed by atoms with Gasteiger partial charge in [-0.15, -0.1) is 0 Å². The lowest BCUT2D eigenvalue weighted by Gasteiger charge is -2.17. The van der Waals surface area contributed by atoms with Crippen LogP contribution >= 0.6 is 0 Å². The second kappa shape index (κ2) is 5.12. The van der Waals surface area contributed by atoms with Crippen LogP contribution in [-0.2, 0) is 17.9 Å². The van der Waals surface area contributed by atoms with E-state index in [0.717, 1.165) is 11.1 Å². The van der Waals surface area contributed by atoms with Gasteiger partial charge in [-0.25, -0.2) is 0 Å². The van der Waals surface area contributed by atoms with Crippen LogP contribution < -0.4 is 5.32 Å². The van der Waals surface area contributed by atoms with E-state index < -0.39 is 0 Å². The smallest absolute Gasteiger partial charge is 0.225 e. The first-order valence-electron chi connectivity index (χ1n) is 5.40.